The Hall–Kier alpha value is -2.34. The Kier molecular flexibility index (Phi) is 2.71. The molecule has 0 saturated carbocycles. The molecular formula is C15H12BrN5. The highest BCUT2D eigenvalue weighted by Crippen LogP contribution is 2.25. The fourth-order valence-electron chi connectivity index (χ4n) is 2.49. The highest BCUT2D eigenvalue weighted by Gasteiger charge is 2.10. The third-order valence-corrected chi connectivity index (χ3v) is 3.86. The number of hydrogen-bond donors (Lipinski definition) is 3. The highest BCUT2D eigenvalue weighted by atomic mass is 79.9. The van der Waals surface area contributed by atoms with Gasteiger partial charge in [-0.2, -0.15) is 0 Å². The van der Waals surface area contributed by atoms with Crippen molar-refractivity contribution in [2.75, 3.05) is 5.73 Å². The van der Waals surface area contributed by atoms with E-state index in [4.69, 9.17) is 5.73 Å². The third kappa shape index (κ3) is 2.17. The fourth-order valence-corrected chi connectivity index (χ4v) is 2.97. The molecule has 0 fully saturated rings. The summed E-state index contributed by atoms with van der Waals surface area (Å²) in [4.78, 5) is 15.7. The number of aromatic amines is 2. The second-order valence-electron chi connectivity index (χ2n) is 4.95. The van der Waals surface area contributed by atoms with E-state index < -0.39 is 0 Å². The van der Waals surface area contributed by atoms with Crippen LogP contribution >= 0.6 is 15.9 Å². The summed E-state index contributed by atoms with van der Waals surface area (Å²) in [5, 5.41) is 0. The van der Waals surface area contributed by atoms with Crippen molar-refractivity contribution in [2.24, 2.45) is 0 Å². The van der Waals surface area contributed by atoms with Crippen LogP contribution in [-0.4, -0.2) is 19.9 Å². The minimum absolute atomic E-state index is 0.612. The molecule has 0 saturated heterocycles. The number of halogens is 1. The molecule has 0 spiro atoms. The molecule has 0 bridgehead atoms. The molecule has 0 aliphatic heterocycles. The van der Waals surface area contributed by atoms with Gasteiger partial charge in [0.15, 0.2) is 0 Å². The van der Waals surface area contributed by atoms with Gasteiger partial charge in [0.05, 0.1) is 28.7 Å². The number of nitrogen functional groups attached to an aromatic ring is 1. The van der Waals surface area contributed by atoms with Crippen molar-refractivity contribution in [2.45, 2.75) is 6.42 Å². The number of aromatic nitrogens is 4. The molecule has 6 heteroatoms. The lowest BCUT2D eigenvalue weighted by Crippen LogP contribution is -1.92. The summed E-state index contributed by atoms with van der Waals surface area (Å²) in [6.45, 7) is 0. The molecule has 0 radical (unpaired) electrons. The molecule has 4 aromatic rings. The maximum Gasteiger partial charge on any atom is 0.114 e. The standard InChI is InChI=1S/C15H12BrN5/c16-8-5-9(17)15-12(6-8)20-14(21-15)7-13-18-10-3-1-2-4-11(10)19-13/h1-6H,7,17H2,(H,18,19)(H,20,21). The first-order valence-electron chi connectivity index (χ1n) is 6.56. The molecule has 0 atom stereocenters. The van der Waals surface area contributed by atoms with E-state index in [2.05, 4.69) is 35.9 Å². The Balaban J connectivity index is 1.75. The van der Waals surface area contributed by atoms with E-state index in [1.54, 1.807) is 0 Å². The molecule has 104 valence electrons. The Labute approximate surface area is 128 Å². The van der Waals surface area contributed by atoms with Gasteiger partial charge in [0.25, 0.3) is 0 Å². The topological polar surface area (TPSA) is 83.4 Å². The number of hydrogen-bond acceptors (Lipinski definition) is 3. The van der Waals surface area contributed by atoms with Crippen LogP contribution in [-0.2, 0) is 6.42 Å². The normalized spacial score (nSPS) is 11.5. The van der Waals surface area contributed by atoms with Crippen LogP contribution in [0.5, 0.6) is 0 Å². The molecule has 0 aliphatic rings. The second kappa shape index (κ2) is 4.60. The zero-order valence-corrected chi connectivity index (χ0v) is 12.6. The maximum atomic E-state index is 5.99. The molecular weight excluding hydrogens is 330 g/mol. The predicted octanol–water partition coefficient (Wildman–Crippen LogP) is 3.37. The first-order chi connectivity index (χ1) is 10.2. The smallest absolute Gasteiger partial charge is 0.114 e. The summed E-state index contributed by atoms with van der Waals surface area (Å²) in [6.07, 6.45) is 0.612. The monoisotopic (exact) mass is 341 g/mol. The summed E-state index contributed by atoms with van der Waals surface area (Å²) in [5.41, 5.74) is 10.4. The van der Waals surface area contributed by atoms with Gasteiger partial charge in [-0.05, 0) is 24.3 Å². The van der Waals surface area contributed by atoms with Gasteiger partial charge in [-0.25, -0.2) is 9.97 Å². The van der Waals surface area contributed by atoms with E-state index in [1.165, 1.54) is 0 Å². The Morgan fingerprint density at radius 3 is 2.62 bits per heavy atom. The Bertz CT molecular complexity index is 920. The van der Waals surface area contributed by atoms with Crippen LogP contribution < -0.4 is 5.73 Å². The lowest BCUT2D eigenvalue weighted by molar-refractivity contribution is 0.960. The number of nitrogens with two attached hydrogens (primary N) is 1. The number of fused-ring (bicyclic) bond motifs is 2. The van der Waals surface area contributed by atoms with Crippen molar-refractivity contribution >= 4 is 43.7 Å². The molecule has 2 aromatic heterocycles. The average Bonchev–Trinajstić information content (AvgIpc) is 3.01. The Morgan fingerprint density at radius 2 is 1.76 bits per heavy atom. The van der Waals surface area contributed by atoms with Crippen LogP contribution in [0, 0.1) is 0 Å². The predicted molar refractivity (Wildman–Crippen MR) is 87.1 cm³/mol. The zero-order valence-electron chi connectivity index (χ0n) is 11.0. The van der Waals surface area contributed by atoms with Crippen LogP contribution in [0.3, 0.4) is 0 Å². The van der Waals surface area contributed by atoms with Gasteiger partial charge in [-0.1, -0.05) is 28.1 Å². The van der Waals surface area contributed by atoms with Gasteiger partial charge in [-0.15, -0.1) is 0 Å². The molecule has 5 nitrogen and oxygen atoms in total. The van der Waals surface area contributed by atoms with Crippen molar-refractivity contribution in [3.05, 3.63) is 52.5 Å². The second-order valence-corrected chi connectivity index (χ2v) is 5.87. The largest absolute Gasteiger partial charge is 0.397 e. The Morgan fingerprint density at radius 1 is 1.00 bits per heavy atom. The lowest BCUT2D eigenvalue weighted by Gasteiger charge is -1.94. The van der Waals surface area contributed by atoms with Gasteiger partial charge in [0.1, 0.15) is 17.2 Å². The number of anilines is 1. The highest BCUT2D eigenvalue weighted by molar-refractivity contribution is 9.10. The number of benzene rings is 2. The molecule has 0 unspecified atom stereocenters. The molecule has 2 heterocycles. The molecule has 2 aromatic carbocycles. The van der Waals surface area contributed by atoms with Crippen molar-refractivity contribution in [3.8, 4) is 0 Å². The molecule has 4 rings (SSSR count). The van der Waals surface area contributed by atoms with E-state index in [9.17, 15) is 0 Å². The summed E-state index contributed by atoms with van der Waals surface area (Å²) in [7, 11) is 0. The van der Waals surface area contributed by atoms with E-state index in [-0.39, 0.29) is 0 Å². The quantitative estimate of drug-likeness (QED) is 0.488. The summed E-state index contributed by atoms with van der Waals surface area (Å²) < 4.78 is 0.937. The molecule has 4 N–H and O–H groups in total. The van der Waals surface area contributed by atoms with Gasteiger partial charge in [-0.3, -0.25) is 0 Å². The van der Waals surface area contributed by atoms with E-state index in [0.29, 0.717) is 12.1 Å². The van der Waals surface area contributed by atoms with Crippen LogP contribution in [0.25, 0.3) is 22.1 Å². The van der Waals surface area contributed by atoms with Gasteiger partial charge < -0.3 is 15.7 Å². The number of para-hydroxylation sites is 2. The lowest BCUT2D eigenvalue weighted by atomic mass is 10.3. The van der Waals surface area contributed by atoms with Gasteiger partial charge in [0, 0.05) is 4.47 Å². The molecule has 0 amide bonds. The molecule has 21 heavy (non-hydrogen) atoms. The number of rotatable bonds is 2. The minimum Gasteiger partial charge on any atom is -0.397 e. The van der Waals surface area contributed by atoms with Gasteiger partial charge in [0.2, 0.25) is 0 Å². The van der Waals surface area contributed by atoms with Crippen LogP contribution in [0.1, 0.15) is 11.6 Å². The van der Waals surface area contributed by atoms with Crippen LogP contribution in [0.15, 0.2) is 40.9 Å². The number of nitrogens with zero attached hydrogens (tertiary/aromatic N) is 2. The SMILES string of the molecule is Nc1cc(Br)cc2[nH]c(Cc3nc4ccccc4[nH]3)nc12. The zero-order chi connectivity index (χ0) is 14.4. The van der Waals surface area contributed by atoms with Crippen LogP contribution in [0.2, 0.25) is 0 Å². The minimum atomic E-state index is 0.612. The first-order valence-corrected chi connectivity index (χ1v) is 7.35. The van der Waals surface area contributed by atoms with Crippen molar-refractivity contribution in [3.63, 3.8) is 0 Å². The summed E-state index contributed by atoms with van der Waals surface area (Å²) in [5.74, 6) is 1.72. The fraction of sp³-hybridized carbons (Fsp3) is 0.0667. The average molecular weight is 342 g/mol. The first kappa shape index (κ1) is 12.4. The molecule has 0 aliphatic carbocycles. The third-order valence-electron chi connectivity index (χ3n) is 3.40. The van der Waals surface area contributed by atoms with Crippen molar-refractivity contribution < 1.29 is 0 Å². The van der Waals surface area contributed by atoms with E-state index in [0.717, 1.165) is 38.2 Å². The summed E-state index contributed by atoms with van der Waals surface area (Å²) >= 11 is 3.44. The van der Waals surface area contributed by atoms with Crippen molar-refractivity contribution in [1.29, 1.82) is 0 Å². The van der Waals surface area contributed by atoms with E-state index >= 15 is 0 Å². The van der Waals surface area contributed by atoms with Crippen LogP contribution in [0.4, 0.5) is 5.69 Å². The summed E-state index contributed by atoms with van der Waals surface area (Å²) in [6, 6.07) is 11.8. The maximum absolute atomic E-state index is 5.99. The number of H-pyrrole nitrogens is 2. The number of imidazole rings is 2. The van der Waals surface area contributed by atoms with Crippen molar-refractivity contribution in [1.82, 2.24) is 19.9 Å². The van der Waals surface area contributed by atoms with E-state index in [1.807, 2.05) is 36.4 Å². The number of nitrogens with one attached hydrogen (secondary N) is 2. The van der Waals surface area contributed by atoms with Gasteiger partial charge >= 0.3 is 0 Å².